The number of anilines is 1. The summed E-state index contributed by atoms with van der Waals surface area (Å²) in [6.45, 7) is 0. The van der Waals surface area contributed by atoms with Crippen molar-refractivity contribution in [1.29, 1.82) is 0 Å². The lowest BCUT2D eigenvalue weighted by atomic mass is 10.0. The van der Waals surface area contributed by atoms with E-state index in [0.717, 1.165) is 11.1 Å². The molecule has 2 rings (SSSR count). The van der Waals surface area contributed by atoms with Crippen LogP contribution >= 0.6 is 34.8 Å². The summed E-state index contributed by atoms with van der Waals surface area (Å²) in [4.78, 5) is 11.7. The van der Waals surface area contributed by atoms with Gasteiger partial charge in [-0.15, -0.1) is 0 Å². The number of hydrogen-bond acceptors (Lipinski definition) is 1. The monoisotopic (exact) mass is 313 g/mol. The lowest BCUT2D eigenvalue weighted by Gasteiger charge is -2.14. The number of carbonyl (C=O) groups excluding carboxylic acids is 1. The van der Waals surface area contributed by atoms with E-state index < -0.39 is 9.70 Å². The Labute approximate surface area is 126 Å². The third-order valence-electron chi connectivity index (χ3n) is 2.52. The first-order valence-corrected chi connectivity index (χ1v) is 6.64. The molecule has 0 saturated heterocycles. The van der Waals surface area contributed by atoms with Gasteiger partial charge in [0.05, 0.1) is 0 Å². The zero-order chi connectivity index (χ0) is 13.9. The number of benzene rings is 2. The van der Waals surface area contributed by atoms with E-state index in [-0.39, 0.29) is 0 Å². The maximum atomic E-state index is 11.7. The third kappa shape index (κ3) is 3.63. The third-order valence-corrected chi connectivity index (χ3v) is 3.03. The highest BCUT2D eigenvalue weighted by Gasteiger charge is 2.31. The summed E-state index contributed by atoms with van der Waals surface area (Å²) in [5.41, 5.74) is 2.44. The van der Waals surface area contributed by atoms with Crippen molar-refractivity contribution in [2.75, 3.05) is 5.32 Å². The molecule has 0 heterocycles. The van der Waals surface area contributed by atoms with Crippen molar-refractivity contribution in [2.24, 2.45) is 0 Å². The van der Waals surface area contributed by atoms with Crippen LogP contribution in [-0.2, 0) is 4.79 Å². The molecule has 0 atom stereocenters. The molecule has 1 N–H and O–H groups in total. The van der Waals surface area contributed by atoms with E-state index in [1.54, 1.807) is 12.1 Å². The van der Waals surface area contributed by atoms with Gasteiger partial charge in [0.25, 0.3) is 9.70 Å². The molecule has 98 valence electrons. The maximum Gasteiger partial charge on any atom is 0.276 e. The normalized spacial score (nSPS) is 11.1. The van der Waals surface area contributed by atoms with E-state index in [2.05, 4.69) is 5.32 Å². The van der Waals surface area contributed by atoms with Gasteiger partial charge in [-0.1, -0.05) is 83.3 Å². The topological polar surface area (TPSA) is 29.1 Å². The molecule has 0 unspecified atom stereocenters. The molecule has 0 radical (unpaired) electrons. The van der Waals surface area contributed by atoms with Gasteiger partial charge in [-0.05, 0) is 11.6 Å². The molecule has 0 saturated carbocycles. The van der Waals surface area contributed by atoms with Crippen molar-refractivity contribution >= 4 is 46.4 Å². The molecule has 0 aliphatic heterocycles. The lowest BCUT2D eigenvalue weighted by molar-refractivity contribution is -0.115. The lowest BCUT2D eigenvalue weighted by Crippen LogP contribution is -2.27. The molecule has 2 aromatic rings. The Morgan fingerprint density at radius 2 is 1.47 bits per heavy atom. The minimum atomic E-state index is -1.98. The van der Waals surface area contributed by atoms with Crippen LogP contribution < -0.4 is 5.32 Å². The van der Waals surface area contributed by atoms with E-state index in [9.17, 15) is 4.79 Å². The molecule has 0 aliphatic carbocycles. The number of halogens is 3. The molecular weight excluding hydrogens is 305 g/mol. The van der Waals surface area contributed by atoms with E-state index in [1.807, 2.05) is 42.5 Å². The Bertz CT molecular complexity index is 579. The molecule has 0 bridgehead atoms. The molecule has 0 aliphatic rings. The van der Waals surface area contributed by atoms with Crippen LogP contribution in [0.3, 0.4) is 0 Å². The number of nitrogens with one attached hydrogen (secondary N) is 1. The summed E-state index contributed by atoms with van der Waals surface area (Å²) in [5.74, 6) is -0.680. The number of carbonyl (C=O) groups is 1. The van der Waals surface area contributed by atoms with Gasteiger partial charge < -0.3 is 5.32 Å². The zero-order valence-electron chi connectivity index (χ0n) is 9.74. The molecule has 0 fully saturated rings. The molecule has 19 heavy (non-hydrogen) atoms. The Kier molecular flexibility index (Phi) is 4.35. The van der Waals surface area contributed by atoms with Crippen LogP contribution in [0, 0.1) is 0 Å². The fourth-order valence-electron chi connectivity index (χ4n) is 1.65. The largest absolute Gasteiger partial charge is 0.322 e. The first-order chi connectivity index (χ1) is 8.98. The van der Waals surface area contributed by atoms with Gasteiger partial charge in [0.1, 0.15) is 0 Å². The van der Waals surface area contributed by atoms with Gasteiger partial charge in [0, 0.05) is 11.3 Å². The zero-order valence-corrected chi connectivity index (χ0v) is 12.0. The standard InChI is InChI=1S/C14H10Cl3NO/c15-14(16,17)13(19)18-12-9-5-4-8-11(12)10-6-2-1-3-7-10/h1-9H,(H,18,19). The summed E-state index contributed by atoms with van der Waals surface area (Å²) in [6, 6.07) is 17.0. The van der Waals surface area contributed by atoms with Crippen LogP contribution in [0.25, 0.3) is 11.1 Å². The smallest absolute Gasteiger partial charge is 0.276 e. The second kappa shape index (κ2) is 5.83. The summed E-state index contributed by atoms with van der Waals surface area (Å²) < 4.78 is -1.98. The van der Waals surface area contributed by atoms with Gasteiger partial charge in [0.2, 0.25) is 0 Å². The van der Waals surface area contributed by atoms with Crippen molar-refractivity contribution < 1.29 is 4.79 Å². The second-order valence-electron chi connectivity index (χ2n) is 3.86. The van der Waals surface area contributed by atoms with E-state index >= 15 is 0 Å². The first kappa shape index (κ1) is 14.2. The highest BCUT2D eigenvalue weighted by Crippen LogP contribution is 2.31. The van der Waals surface area contributed by atoms with Crippen LogP contribution in [0.1, 0.15) is 0 Å². The van der Waals surface area contributed by atoms with Crippen LogP contribution in [0.2, 0.25) is 0 Å². The van der Waals surface area contributed by atoms with Gasteiger partial charge in [0.15, 0.2) is 0 Å². The average molecular weight is 315 g/mol. The minimum Gasteiger partial charge on any atom is -0.322 e. The van der Waals surface area contributed by atoms with Crippen LogP contribution in [-0.4, -0.2) is 9.70 Å². The number of hydrogen-bond donors (Lipinski definition) is 1. The average Bonchev–Trinajstić information content (AvgIpc) is 2.39. The second-order valence-corrected chi connectivity index (χ2v) is 6.14. The van der Waals surface area contributed by atoms with Crippen molar-refractivity contribution in [3.63, 3.8) is 0 Å². The van der Waals surface area contributed by atoms with Crippen molar-refractivity contribution in [3.8, 4) is 11.1 Å². The van der Waals surface area contributed by atoms with Crippen molar-refractivity contribution in [1.82, 2.24) is 0 Å². The fraction of sp³-hybridized carbons (Fsp3) is 0.0714. The van der Waals surface area contributed by atoms with Crippen molar-refractivity contribution in [2.45, 2.75) is 3.79 Å². The summed E-state index contributed by atoms with van der Waals surface area (Å²) in [5, 5.41) is 2.61. The Morgan fingerprint density at radius 1 is 0.895 bits per heavy atom. The Hall–Kier alpha value is -1.22. The molecule has 0 aromatic heterocycles. The van der Waals surface area contributed by atoms with E-state index in [1.165, 1.54) is 0 Å². The first-order valence-electron chi connectivity index (χ1n) is 5.51. The highest BCUT2D eigenvalue weighted by molar-refractivity contribution is 6.76. The van der Waals surface area contributed by atoms with Gasteiger partial charge in [-0.25, -0.2) is 0 Å². The quantitative estimate of drug-likeness (QED) is 0.802. The van der Waals surface area contributed by atoms with Gasteiger partial charge in [-0.3, -0.25) is 4.79 Å². The summed E-state index contributed by atoms with van der Waals surface area (Å²) >= 11 is 16.7. The fourth-order valence-corrected chi connectivity index (χ4v) is 1.80. The minimum absolute atomic E-state index is 0.602. The Morgan fingerprint density at radius 3 is 2.11 bits per heavy atom. The van der Waals surface area contributed by atoms with Crippen LogP contribution in [0.4, 0.5) is 5.69 Å². The maximum absolute atomic E-state index is 11.7. The number of amides is 1. The SMILES string of the molecule is O=C(Nc1ccccc1-c1ccccc1)C(Cl)(Cl)Cl. The highest BCUT2D eigenvalue weighted by atomic mass is 35.6. The van der Waals surface area contributed by atoms with Crippen LogP contribution in [0.5, 0.6) is 0 Å². The van der Waals surface area contributed by atoms with E-state index in [0.29, 0.717) is 5.69 Å². The van der Waals surface area contributed by atoms with E-state index in [4.69, 9.17) is 34.8 Å². The summed E-state index contributed by atoms with van der Waals surface area (Å²) in [7, 11) is 0. The number of alkyl halides is 3. The predicted octanol–water partition coefficient (Wildman–Crippen LogP) is 4.66. The molecule has 5 heteroatoms. The molecular formula is C14H10Cl3NO. The number of rotatable bonds is 2. The summed E-state index contributed by atoms with van der Waals surface area (Å²) in [6.07, 6.45) is 0. The van der Waals surface area contributed by atoms with Crippen LogP contribution in [0.15, 0.2) is 54.6 Å². The molecule has 2 nitrogen and oxygen atoms in total. The Balaban J connectivity index is 2.35. The van der Waals surface area contributed by atoms with Crippen molar-refractivity contribution in [3.05, 3.63) is 54.6 Å². The molecule has 1 amide bonds. The molecule has 2 aromatic carbocycles. The van der Waals surface area contributed by atoms with Gasteiger partial charge in [-0.2, -0.15) is 0 Å². The van der Waals surface area contributed by atoms with Gasteiger partial charge >= 0.3 is 0 Å². The number of para-hydroxylation sites is 1. The predicted molar refractivity (Wildman–Crippen MR) is 80.8 cm³/mol. The molecule has 0 spiro atoms.